The minimum Gasteiger partial charge on any atom is -0.544 e. The fraction of sp³-hybridized carbons (Fsp3) is 0.300. The predicted octanol–water partition coefficient (Wildman–Crippen LogP) is -2.01. The molecule has 0 aliphatic heterocycles. The van der Waals surface area contributed by atoms with E-state index >= 15 is 0 Å². The third-order valence-electron chi connectivity index (χ3n) is 2.16. The molecule has 0 bridgehead atoms. The van der Waals surface area contributed by atoms with E-state index in [1.807, 2.05) is 0 Å². The standard InChI is InChI=1S/C10H12N2O4/c1-5-7(9(13)14)3-2-6(12-5)4-8(11)10(15)16/h2-3,8H,4,11H2,1H3,(H,13,14)(H,15,16)/t8-/m0/s1. The maximum atomic E-state index is 10.7. The molecule has 0 radical (unpaired) electrons. The molecule has 0 spiro atoms. The van der Waals surface area contributed by atoms with E-state index in [0.717, 1.165) is 0 Å². The number of carboxylic acids is 2. The normalized spacial score (nSPS) is 12.1. The third kappa shape index (κ3) is 2.77. The summed E-state index contributed by atoms with van der Waals surface area (Å²) in [5, 5.41) is 19.2. The van der Waals surface area contributed by atoms with Crippen LogP contribution in [0.3, 0.4) is 0 Å². The smallest absolute Gasteiger partial charge is 0.337 e. The molecule has 0 saturated carbocycles. The number of aromatic nitrogens is 1. The zero-order chi connectivity index (χ0) is 12.3. The molecule has 4 N–H and O–H groups in total. The molecule has 0 aliphatic rings. The maximum absolute atomic E-state index is 10.7. The second-order valence-corrected chi connectivity index (χ2v) is 3.46. The summed E-state index contributed by atoms with van der Waals surface area (Å²) in [6.07, 6.45) is 0.128. The maximum Gasteiger partial charge on any atom is 0.337 e. The largest absolute Gasteiger partial charge is 0.544 e. The molecule has 0 amide bonds. The van der Waals surface area contributed by atoms with Gasteiger partial charge in [0.15, 0.2) is 0 Å². The predicted molar refractivity (Wildman–Crippen MR) is 51.3 cm³/mol. The Bertz CT molecular complexity index is 431. The first-order chi connectivity index (χ1) is 7.41. The first-order valence-electron chi connectivity index (χ1n) is 4.65. The lowest BCUT2D eigenvalue weighted by molar-refractivity contribution is -0.437. The quantitative estimate of drug-likeness (QED) is 0.612. The second kappa shape index (κ2) is 4.71. The van der Waals surface area contributed by atoms with Gasteiger partial charge in [-0.3, -0.25) is 4.98 Å². The van der Waals surface area contributed by atoms with E-state index in [2.05, 4.69) is 10.7 Å². The molecule has 1 heterocycles. The molecule has 1 rings (SSSR count). The van der Waals surface area contributed by atoms with Gasteiger partial charge in [0.1, 0.15) is 6.04 Å². The Morgan fingerprint density at radius 3 is 2.62 bits per heavy atom. The average Bonchev–Trinajstić information content (AvgIpc) is 2.16. The monoisotopic (exact) mass is 224 g/mol. The Hall–Kier alpha value is -1.95. The van der Waals surface area contributed by atoms with Crippen LogP contribution in [0.4, 0.5) is 0 Å². The lowest BCUT2D eigenvalue weighted by Gasteiger charge is -2.09. The molecule has 1 aromatic rings. The Kier molecular flexibility index (Phi) is 3.57. The highest BCUT2D eigenvalue weighted by molar-refractivity contribution is 5.88. The van der Waals surface area contributed by atoms with Gasteiger partial charge in [-0.2, -0.15) is 0 Å². The van der Waals surface area contributed by atoms with E-state index in [-0.39, 0.29) is 12.0 Å². The number of aliphatic carboxylic acids is 1. The van der Waals surface area contributed by atoms with Crippen molar-refractivity contribution in [2.24, 2.45) is 0 Å². The summed E-state index contributed by atoms with van der Waals surface area (Å²) in [7, 11) is 0. The van der Waals surface area contributed by atoms with Gasteiger partial charge in [-0.05, 0) is 19.1 Å². The van der Waals surface area contributed by atoms with Crippen molar-refractivity contribution < 1.29 is 25.5 Å². The van der Waals surface area contributed by atoms with Gasteiger partial charge < -0.3 is 20.7 Å². The average molecular weight is 224 g/mol. The van der Waals surface area contributed by atoms with Crippen LogP contribution in [0.1, 0.15) is 21.7 Å². The van der Waals surface area contributed by atoms with Gasteiger partial charge in [-0.25, -0.2) is 4.79 Å². The highest BCUT2D eigenvalue weighted by atomic mass is 16.4. The molecule has 0 aliphatic carbocycles. The Morgan fingerprint density at radius 1 is 1.56 bits per heavy atom. The highest BCUT2D eigenvalue weighted by Gasteiger charge is 2.12. The van der Waals surface area contributed by atoms with Crippen molar-refractivity contribution in [2.75, 3.05) is 0 Å². The number of hydrogen-bond acceptors (Lipinski definition) is 4. The van der Waals surface area contributed by atoms with Gasteiger partial charge in [0, 0.05) is 12.1 Å². The molecule has 6 nitrogen and oxygen atoms in total. The molecule has 6 heteroatoms. The zero-order valence-electron chi connectivity index (χ0n) is 8.77. The van der Waals surface area contributed by atoms with Crippen molar-refractivity contribution in [3.8, 4) is 0 Å². The van der Waals surface area contributed by atoms with E-state index < -0.39 is 18.0 Å². The number of hydrogen-bond donors (Lipinski definition) is 2. The van der Waals surface area contributed by atoms with Gasteiger partial charge in [0.2, 0.25) is 0 Å². The van der Waals surface area contributed by atoms with Gasteiger partial charge in [0.25, 0.3) is 0 Å². The summed E-state index contributed by atoms with van der Waals surface area (Å²) >= 11 is 0. The summed E-state index contributed by atoms with van der Waals surface area (Å²) < 4.78 is 0. The molecule has 0 unspecified atom stereocenters. The SMILES string of the molecule is Cc1nc(C[C@H]([NH3+])C(=O)[O-])ccc1C(=O)O. The van der Waals surface area contributed by atoms with Crippen LogP contribution in [-0.4, -0.2) is 28.1 Å². The Labute approximate surface area is 91.7 Å². The minimum absolute atomic E-state index is 0.109. The van der Waals surface area contributed by atoms with E-state index in [1.54, 1.807) is 6.92 Å². The van der Waals surface area contributed by atoms with Gasteiger partial charge in [0.05, 0.1) is 17.2 Å². The van der Waals surface area contributed by atoms with Crippen molar-refractivity contribution >= 4 is 11.9 Å². The Morgan fingerprint density at radius 2 is 2.19 bits per heavy atom. The molecular formula is C10H12N2O4. The van der Waals surface area contributed by atoms with Crippen LogP contribution in [-0.2, 0) is 11.2 Å². The number of carboxylic acid groups (broad SMARTS) is 2. The fourth-order valence-electron chi connectivity index (χ4n) is 1.29. The number of aryl methyl sites for hydroxylation is 1. The van der Waals surface area contributed by atoms with Crippen LogP contribution in [0, 0.1) is 6.92 Å². The number of nitrogens with zero attached hydrogens (tertiary/aromatic N) is 1. The molecule has 0 saturated heterocycles. The molecule has 1 atom stereocenters. The molecule has 16 heavy (non-hydrogen) atoms. The van der Waals surface area contributed by atoms with Crippen LogP contribution >= 0.6 is 0 Å². The van der Waals surface area contributed by atoms with Crippen LogP contribution < -0.4 is 10.8 Å². The van der Waals surface area contributed by atoms with Crippen LogP contribution in [0.5, 0.6) is 0 Å². The lowest BCUT2D eigenvalue weighted by Crippen LogP contribution is -2.69. The van der Waals surface area contributed by atoms with Crippen molar-refractivity contribution in [3.05, 3.63) is 29.1 Å². The molecular weight excluding hydrogens is 212 g/mol. The molecule has 0 aromatic carbocycles. The number of rotatable bonds is 4. The van der Waals surface area contributed by atoms with Crippen LogP contribution in [0.15, 0.2) is 12.1 Å². The van der Waals surface area contributed by atoms with Crippen molar-refractivity contribution in [1.29, 1.82) is 0 Å². The third-order valence-corrected chi connectivity index (χ3v) is 2.16. The summed E-state index contributed by atoms with van der Waals surface area (Å²) in [6, 6.07) is 2.00. The van der Waals surface area contributed by atoms with Crippen LogP contribution in [0.2, 0.25) is 0 Å². The van der Waals surface area contributed by atoms with Gasteiger partial charge >= 0.3 is 5.97 Å². The second-order valence-electron chi connectivity index (χ2n) is 3.46. The Balaban J connectivity index is 2.89. The molecule has 86 valence electrons. The number of quaternary nitrogens is 1. The van der Waals surface area contributed by atoms with Crippen molar-refractivity contribution in [2.45, 2.75) is 19.4 Å². The van der Waals surface area contributed by atoms with Crippen molar-refractivity contribution in [3.63, 3.8) is 0 Å². The van der Waals surface area contributed by atoms with E-state index in [4.69, 9.17) is 5.11 Å². The highest BCUT2D eigenvalue weighted by Crippen LogP contribution is 2.07. The summed E-state index contributed by atoms with van der Waals surface area (Å²) in [6.45, 7) is 1.56. The first kappa shape index (κ1) is 12.1. The first-order valence-corrected chi connectivity index (χ1v) is 4.65. The molecule has 0 fully saturated rings. The fourth-order valence-corrected chi connectivity index (χ4v) is 1.29. The number of carbonyl (C=O) groups is 2. The number of aromatic carboxylic acids is 1. The zero-order valence-corrected chi connectivity index (χ0v) is 8.77. The topological polar surface area (TPSA) is 118 Å². The minimum atomic E-state index is -1.25. The summed E-state index contributed by atoms with van der Waals surface area (Å²) in [4.78, 5) is 25.2. The lowest BCUT2D eigenvalue weighted by atomic mass is 10.1. The summed E-state index contributed by atoms with van der Waals surface area (Å²) in [5.74, 6) is -2.30. The molecule has 1 aromatic heterocycles. The van der Waals surface area contributed by atoms with Crippen LogP contribution in [0.25, 0.3) is 0 Å². The number of carbonyl (C=O) groups excluding carboxylic acids is 1. The van der Waals surface area contributed by atoms with E-state index in [9.17, 15) is 14.7 Å². The van der Waals surface area contributed by atoms with E-state index in [0.29, 0.717) is 11.4 Å². The van der Waals surface area contributed by atoms with Crippen molar-refractivity contribution in [1.82, 2.24) is 4.98 Å². The van der Waals surface area contributed by atoms with Gasteiger partial charge in [-0.15, -0.1) is 0 Å². The van der Waals surface area contributed by atoms with Gasteiger partial charge in [-0.1, -0.05) is 0 Å². The summed E-state index contributed by atoms with van der Waals surface area (Å²) in [5.41, 5.74) is 4.36. The van der Waals surface area contributed by atoms with E-state index in [1.165, 1.54) is 12.1 Å². The number of pyridine rings is 1.